The summed E-state index contributed by atoms with van der Waals surface area (Å²) < 4.78 is 1.18. The first-order valence-corrected chi connectivity index (χ1v) is 8.32. The molecule has 0 bridgehead atoms. The number of nitrogens with zero attached hydrogens (tertiary/aromatic N) is 1. The number of benzene rings is 1. The van der Waals surface area contributed by atoms with E-state index >= 15 is 0 Å². The molecule has 2 aliphatic heterocycles. The molecule has 0 aliphatic carbocycles. The monoisotopic (exact) mass is 358 g/mol. The fourth-order valence-corrected chi connectivity index (χ4v) is 3.78. The van der Waals surface area contributed by atoms with Crippen LogP contribution in [-0.2, 0) is 0 Å². The van der Waals surface area contributed by atoms with Crippen LogP contribution in [-0.4, -0.2) is 31.1 Å². The first-order chi connectivity index (χ1) is 9.33. The molecule has 2 unspecified atom stereocenters. The van der Waals surface area contributed by atoms with E-state index in [4.69, 9.17) is 0 Å². The lowest BCUT2D eigenvalue weighted by atomic mass is 9.97. The molecule has 4 heteroatoms. The second-order valence-electron chi connectivity index (χ2n) is 5.92. The van der Waals surface area contributed by atoms with Crippen LogP contribution >= 0.6 is 28.3 Å². The predicted molar refractivity (Wildman–Crippen MR) is 90.5 cm³/mol. The van der Waals surface area contributed by atoms with Crippen LogP contribution < -0.4 is 5.32 Å². The van der Waals surface area contributed by atoms with Gasteiger partial charge < -0.3 is 5.32 Å². The summed E-state index contributed by atoms with van der Waals surface area (Å²) in [5.41, 5.74) is 1.49. The van der Waals surface area contributed by atoms with Gasteiger partial charge in [0.1, 0.15) is 0 Å². The molecule has 1 aromatic rings. The van der Waals surface area contributed by atoms with Crippen LogP contribution in [0.4, 0.5) is 0 Å². The minimum Gasteiger partial charge on any atom is -0.316 e. The van der Waals surface area contributed by atoms with Crippen molar-refractivity contribution < 1.29 is 0 Å². The van der Waals surface area contributed by atoms with E-state index in [1.807, 2.05) is 0 Å². The Hall–Kier alpha value is -0.0900. The molecule has 2 heterocycles. The summed E-state index contributed by atoms with van der Waals surface area (Å²) in [5.74, 6) is 0.852. The molecule has 2 nitrogen and oxygen atoms in total. The van der Waals surface area contributed by atoms with Crippen molar-refractivity contribution in [2.45, 2.75) is 31.7 Å². The number of likely N-dealkylation sites (tertiary alicyclic amines) is 1. The molecule has 2 atom stereocenters. The smallest absolute Gasteiger partial charge is 0.0348 e. The fraction of sp³-hybridized carbons (Fsp3) is 0.625. The maximum atomic E-state index is 3.54. The standard InChI is InChI=1S/C16H23BrN2.ClH/c17-15-7-5-14(6-8-15)16-4-2-10-19(16)12-13-3-1-9-18-11-13;/h5-8,13,16,18H,1-4,9-12H2;1H. The van der Waals surface area contributed by atoms with Crippen LogP contribution in [0.2, 0.25) is 0 Å². The maximum absolute atomic E-state index is 3.54. The van der Waals surface area contributed by atoms with E-state index < -0.39 is 0 Å². The summed E-state index contributed by atoms with van der Waals surface area (Å²) in [6.45, 7) is 4.97. The van der Waals surface area contributed by atoms with Gasteiger partial charge in [-0.15, -0.1) is 12.4 Å². The molecule has 2 aliphatic rings. The lowest BCUT2D eigenvalue weighted by Gasteiger charge is -2.31. The average molecular weight is 360 g/mol. The Morgan fingerprint density at radius 3 is 2.65 bits per heavy atom. The lowest BCUT2D eigenvalue weighted by molar-refractivity contribution is 0.195. The summed E-state index contributed by atoms with van der Waals surface area (Å²) >= 11 is 3.53. The van der Waals surface area contributed by atoms with E-state index in [0.717, 1.165) is 5.92 Å². The summed E-state index contributed by atoms with van der Waals surface area (Å²) in [6.07, 6.45) is 5.42. The van der Waals surface area contributed by atoms with Crippen molar-refractivity contribution in [1.82, 2.24) is 10.2 Å². The quantitative estimate of drug-likeness (QED) is 0.877. The first-order valence-electron chi connectivity index (χ1n) is 7.53. The molecule has 3 rings (SSSR count). The van der Waals surface area contributed by atoms with Crippen molar-refractivity contribution in [3.8, 4) is 0 Å². The van der Waals surface area contributed by atoms with Crippen molar-refractivity contribution in [2.75, 3.05) is 26.2 Å². The highest BCUT2D eigenvalue weighted by atomic mass is 79.9. The SMILES string of the molecule is Brc1ccc(C2CCCN2CC2CCCNC2)cc1.Cl. The molecule has 0 amide bonds. The van der Waals surface area contributed by atoms with Gasteiger partial charge in [-0.05, 0) is 68.9 Å². The van der Waals surface area contributed by atoms with E-state index in [1.54, 1.807) is 0 Å². The van der Waals surface area contributed by atoms with Gasteiger partial charge in [-0.25, -0.2) is 0 Å². The van der Waals surface area contributed by atoms with E-state index in [2.05, 4.69) is 50.4 Å². The Morgan fingerprint density at radius 2 is 1.95 bits per heavy atom. The average Bonchev–Trinajstić information content (AvgIpc) is 2.89. The van der Waals surface area contributed by atoms with Crippen LogP contribution in [0.15, 0.2) is 28.7 Å². The van der Waals surface area contributed by atoms with Gasteiger partial charge >= 0.3 is 0 Å². The Bertz CT molecular complexity index is 403. The van der Waals surface area contributed by atoms with Gasteiger partial charge in [0, 0.05) is 17.1 Å². The minimum atomic E-state index is 0. The second-order valence-corrected chi connectivity index (χ2v) is 6.83. The van der Waals surface area contributed by atoms with E-state index in [1.165, 1.54) is 61.9 Å². The molecule has 0 radical (unpaired) electrons. The van der Waals surface area contributed by atoms with Crippen LogP contribution in [0.5, 0.6) is 0 Å². The highest BCUT2D eigenvalue weighted by molar-refractivity contribution is 9.10. The third-order valence-electron chi connectivity index (χ3n) is 4.51. The molecule has 112 valence electrons. The van der Waals surface area contributed by atoms with Crippen LogP contribution in [0, 0.1) is 5.92 Å². The van der Waals surface area contributed by atoms with Crippen molar-refractivity contribution in [2.24, 2.45) is 5.92 Å². The lowest BCUT2D eigenvalue weighted by Crippen LogP contribution is -2.38. The molecule has 20 heavy (non-hydrogen) atoms. The summed E-state index contributed by atoms with van der Waals surface area (Å²) in [4.78, 5) is 2.71. The Morgan fingerprint density at radius 1 is 1.15 bits per heavy atom. The molecular weight excluding hydrogens is 336 g/mol. The zero-order valence-electron chi connectivity index (χ0n) is 11.9. The number of hydrogen-bond acceptors (Lipinski definition) is 2. The molecule has 0 spiro atoms. The first kappa shape index (κ1) is 16.3. The number of nitrogens with one attached hydrogen (secondary N) is 1. The van der Waals surface area contributed by atoms with Gasteiger partial charge in [0.05, 0.1) is 0 Å². The fourth-order valence-electron chi connectivity index (χ4n) is 3.52. The summed E-state index contributed by atoms with van der Waals surface area (Å²) in [5, 5.41) is 3.54. The number of rotatable bonds is 3. The minimum absolute atomic E-state index is 0. The zero-order chi connectivity index (χ0) is 13.1. The normalized spacial score (nSPS) is 27.2. The van der Waals surface area contributed by atoms with Crippen molar-refractivity contribution in [1.29, 1.82) is 0 Å². The second kappa shape index (κ2) is 7.79. The van der Waals surface area contributed by atoms with Crippen molar-refractivity contribution >= 4 is 28.3 Å². The third-order valence-corrected chi connectivity index (χ3v) is 5.04. The number of halogens is 2. The van der Waals surface area contributed by atoms with Crippen LogP contribution in [0.25, 0.3) is 0 Å². The van der Waals surface area contributed by atoms with E-state index in [9.17, 15) is 0 Å². The highest BCUT2D eigenvalue weighted by Gasteiger charge is 2.28. The van der Waals surface area contributed by atoms with Crippen molar-refractivity contribution in [3.63, 3.8) is 0 Å². The Kier molecular flexibility index (Phi) is 6.34. The van der Waals surface area contributed by atoms with Gasteiger partial charge in [-0.1, -0.05) is 28.1 Å². The van der Waals surface area contributed by atoms with Crippen LogP contribution in [0.1, 0.15) is 37.3 Å². The van der Waals surface area contributed by atoms with Crippen LogP contribution in [0.3, 0.4) is 0 Å². The molecule has 1 aromatic carbocycles. The van der Waals surface area contributed by atoms with E-state index in [0.29, 0.717) is 6.04 Å². The van der Waals surface area contributed by atoms with Crippen molar-refractivity contribution in [3.05, 3.63) is 34.3 Å². The van der Waals surface area contributed by atoms with E-state index in [-0.39, 0.29) is 12.4 Å². The highest BCUT2D eigenvalue weighted by Crippen LogP contribution is 2.33. The molecule has 0 aromatic heterocycles. The van der Waals surface area contributed by atoms with Gasteiger partial charge in [0.25, 0.3) is 0 Å². The maximum Gasteiger partial charge on any atom is 0.0348 e. The number of hydrogen-bond donors (Lipinski definition) is 1. The number of piperidine rings is 1. The summed E-state index contributed by atoms with van der Waals surface area (Å²) in [7, 11) is 0. The van der Waals surface area contributed by atoms with Gasteiger partial charge in [-0.2, -0.15) is 0 Å². The Labute approximate surface area is 136 Å². The molecule has 1 N–H and O–H groups in total. The predicted octanol–water partition coefficient (Wildman–Crippen LogP) is 4.01. The zero-order valence-corrected chi connectivity index (χ0v) is 14.3. The largest absolute Gasteiger partial charge is 0.316 e. The van der Waals surface area contributed by atoms with Gasteiger partial charge in [-0.3, -0.25) is 4.90 Å². The molecule has 2 fully saturated rings. The molecule has 0 saturated carbocycles. The third kappa shape index (κ3) is 3.97. The topological polar surface area (TPSA) is 15.3 Å². The van der Waals surface area contributed by atoms with Gasteiger partial charge in [0.15, 0.2) is 0 Å². The molecule has 2 saturated heterocycles. The van der Waals surface area contributed by atoms with Gasteiger partial charge in [0.2, 0.25) is 0 Å². The molecular formula is C16H24BrClN2. The Balaban J connectivity index is 0.00000147. The summed E-state index contributed by atoms with van der Waals surface area (Å²) in [6, 6.07) is 9.57.